The minimum atomic E-state index is -0.833. The van der Waals surface area contributed by atoms with Crippen molar-refractivity contribution in [1.29, 1.82) is 0 Å². The molecule has 206 valence electrons. The van der Waals surface area contributed by atoms with Gasteiger partial charge in [0.15, 0.2) is 0 Å². The normalized spacial score (nSPS) is 15.3. The summed E-state index contributed by atoms with van der Waals surface area (Å²) in [6.07, 6.45) is 1.98. The van der Waals surface area contributed by atoms with E-state index in [1.54, 1.807) is 25.7 Å². The molecule has 0 aliphatic heterocycles. The molecule has 7 heteroatoms. The summed E-state index contributed by atoms with van der Waals surface area (Å²) in [7, 11) is 0. The molecular weight excluding hydrogens is 478 g/mol. The zero-order valence-corrected chi connectivity index (χ0v) is 23.8. The number of aryl methyl sites for hydroxylation is 1. The molecule has 1 aliphatic rings. The van der Waals surface area contributed by atoms with Gasteiger partial charge in [-0.3, -0.25) is 9.59 Å². The molecule has 38 heavy (non-hydrogen) atoms. The molecule has 0 saturated heterocycles. The lowest BCUT2D eigenvalue weighted by molar-refractivity contribution is -0.148. The van der Waals surface area contributed by atoms with Gasteiger partial charge in [0.1, 0.15) is 17.7 Å². The summed E-state index contributed by atoms with van der Waals surface area (Å²) >= 11 is 0. The molecule has 3 amide bonds. The highest BCUT2D eigenvalue weighted by atomic mass is 16.6. The van der Waals surface area contributed by atoms with Crippen LogP contribution in [0, 0.1) is 19.8 Å². The Bertz CT molecular complexity index is 1120. The van der Waals surface area contributed by atoms with Crippen molar-refractivity contribution in [3.8, 4) is 0 Å². The van der Waals surface area contributed by atoms with Crippen LogP contribution in [-0.2, 0) is 20.9 Å². The largest absolute Gasteiger partial charge is 0.444 e. The van der Waals surface area contributed by atoms with Crippen LogP contribution in [0.25, 0.3) is 0 Å². The molecule has 1 fully saturated rings. The topological polar surface area (TPSA) is 87.7 Å². The number of nitrogens with zero attached hydrogens (tertiary/aromatic N) is 1. The lowest BCUT2D eigenvalue weighted by Crippen LogP contribution is -2.58. The fourth-order valence-corrected chi connectivity index (χ4v) is 4.66. The van der Waals surface area contributed by atoms with Crippen molar-refractivity contribution in [1.82, 2.24) is 15.5 Å². The predicted molar refractivity (Wildman–Crippen MR) is 149 cm³/mol. The van der Waals surface area contributed by atoms with Gasteiger partial charge in [-0.2, -0.15) is 0 Å². The van der Waals surface area contributed by atoms with Crippen LogP contribution in [-0.4, -0.2) is 40.5 Å². The number of alkyl carbamates (subject to hydrolysis) is 1. The van der Waals surface area contributed by atoms with Crippen molar-refractivity contribution < 1.29 is 19.1 Å². The Morgan fingerprint density at radius 1 is 1.00 bits per heavy atom. The molecule has 1 saturated carbocycles. The van der Waals surface area contributed by atoms with Crippen molar-refractivity contribution in [3.05, 3.63) is 70.8 Å². The molecule has 0 radical (unpaired) electrons. The Kier molecular flexibility index (Phi) is 9.58. The van der Waals surface area contributed by atoms with Gasteiger partial charge in [0, 0.05) is 12.6 Å². The van der Waals surface area contributed by atoms with E-state index in [-0.39, 0.29) is 23.8 Å². The highest BCUT2D eigenvalue weighted by Gasteiger charge is 2.43. The molecule has 2 aromatic carbocycles. The number of hydrogen-bond donors (Lipinski definition) is 2. The van der Waals surface area contributed by atoms with E-state index in [9.17, 15) is 14.4 Å². The number of carbonyl (C=O) groups is 3. The van der Waals surface area contributed by atoms with E-state index in [1.165, 1.54) is 0 Å². The maximum atomic E-state index is 14.3. The number of rotatable bonds is 9. The third-order valence-electron chi connectivity index (χ3n) is 7.10. The number of carbonyl (C=O) groups excluding carboxylic acids is 3. The molecule has 7 nitrogen and oxygen atoms in total. The van der Waals surface area contributed by atoms with E-state index < -0.39 is 23.8 Å². The summed E-state index contributed by atoms with van der Waals surface area (Å²) < 4.78 is 5.46. The van der Waals surface area contributed by atoms with Crippen LogP contribution in [0.4, 0.5) is 4.79 Å². The number of amides is 3. The first-order valence-corrected chi connectivity index (χ1v) is 13.6. The SMILES string of the molecule is Cc1cccc(C(C(=O)NCc2ccccc2)N(C(=O)C(NC(=O)OC(C)(C)C)C(C)C)C2CCC2)c1C. The number of ether oxygens (including phenoxy) is 1. The maximum Gasteiger partial charge on any atom is 0.408 e. The second-order valence-electron chi connectivity index (χ2n) is 11.6. The third kappa shape index (κ3) is 7.36. The Morgan fingerprint density at radius 2 is 1.66 bits per heavy atom. The van der Waals surface area contributed by atoms with Crippen molar-refractivity contribution in [2.24, 2.45) is 5.92 Å². The van der Waals surface area contributed by atoms with Gasteiger partial charge in [-0.25, -0.2) is 4.79 Å². The van der Waals surface area contributed by atoms with Gasteiger partial charge >= 0.3 is 6.09 Å². The number of benzene rings is 2. The summed E-state index contributed by atoms with van der Waals surface area (Å²) in [5.74, 6) is -0.705. The zero-order valence-electron chi connectivity index (χ0n) is 23.8. The van der Waals surface area contributed by atoms with Crippen LogP contribution < -0.4 is 10.6 Å². The highest BCUT2D eigenvalue weighted by Crippen LogP contribution is 2.36. The molecule has 3 rings (SSSR count). The Labute approximate surface area is 227 Å². The van der Waals surface area contributed by atoms with Gasteiger partial charge in [0.2, 0.25) is 11.8 Å². The summed E-state index contributed by atoms with van der Waals surface area (Å²) in [6.45, 7) is 13.5. The predicted octanol–water partition coefficient (Wildman–Crippen LogP) is 5.59. The van der Waals surface area contributed by atoms with Crippen LogP contribution in [0.3, 0.4) is 0 Å². The van der Waals surface area contributed by atoms with E-state index in [0.29, 0.717) is 6.54 Å². The molecule has 2 unspecified atom stereocenters. The summed E-state index contributed by atoms with van der Waals surface area (Å²) in [5, 5.41) is 5.88. The van der Waals surface area contributed by atoms with Gasteiger partial charge in [0.05, 0.1) is 0 Å². The van der Waals surface area contributed by atoms with E-state index in [4.69, 9.17) is 4.74 Å². The fourth-order valence-electron chi connectivity index (χ4n) is 4.66. The number of nitrogens with one attached hydrogen (secondary N) is 2. The third-order valence-corrected chi connectivity index (χ3v) is 7.10. The van der Waals surface area contributed by atoms with Gasteiger partial charge < -0.3 is 20.3 Å². The molecule has 0 heterocycles. The second-order valence-corrected chi connectivity index (χ2v) is 11.6. The summed E-state index contributed by atoms with van der Waals surface area (Å²) in [5.41, 5.74) is 3.12. The fraction of sp³-hybridized carbons (Fsp3) is 0.516. The van der Waals surface area contributed by atoms with Crippen LogP contribution >= 0.6 is 0 Å². The highest BCUT2D eigenvalue weighted by molar-refractivity contribution is 5.92. The molecule has 1 aliphatic carbocycles. The first-order valence-electron chi connectivity index (χ1n) is 13.6. The summed E-state index contributed by atoms with van der Waals surface area (Å²) in [4.78, 5) is 42.7. The molecule has 0 aromatic heterocycles. The smallest absolute Gasteiger partial charge is 0.408 e. The zero-order chi connectivity index (χ0) is 28.0. The van der Waals surface area contributed by atoms with Crippen molar-refractivity contribution in [2.75, 3.05) is 0 Å². The Morgan fingerprint density at radius 3 is 2.21 bits per heavy atom. The van der Waals surface area contributed by atoms with Gasteiger partial charge in [-0.05, 0) is 82.1 Å². The van der Waals surface area contributed by atoms with E-state index >= 15 is 0 Å². The van der Waals surface area contributed by atoms with Crippen molar-refractivity contribution in [3.63, 3.8) is 0 Å². The quantitative estimate of drug-likeness (QED) is 0.450. The lowest BCUT2D eigenvalue weighted by atomic mass is 9.86. The molecule has 2 N–H and O–H groups in total. The monoisotopic (exact) mass is 521 g/mol. The van der Waals surface area contributed by atoms with Gasteiger partial charge in [-0.15, -0.1) is 0 Å². The minimum absolute atomic E-state index is 0.0865. The first kappa shape index (κ1) is 29.2. The van der Waals surface area contributed by atoms with E-state index in [1.807, 2.05) is 76.2 Å². The van der Waals surface area contributed by atoms with Gasteiger partial charge in [-0.1, -0.05) is 62.4 Å². The molecule has 0 bridgehead atoms. The minimum Gasteiger partial charge on any atom is -0.444 e. The average molecular weight is 522 g/mol. The summed E-state index contributed by atoms with van der Waals surface area (Å²) in [6, 6.07) is 13.8. The average Bonchev–Trinajstić information content (AvgIpc) is 2.81. The van der Waals surface area contributed by atoms with E-state index in [2.05, 4.69) is 10.6 Å². The second kappa shape index (κ2) is 12.5. The van der Waals surface area contributed by atoms with Crippen molar-refractivity contribution >= 4 is 17.9 Å². The number of hydrogen-bond acceptors (Lipinski definition) is 4. The Balaban J connectivity index is 2.00. The lowest BCUT2D eigenvalue weighted by Gasteiger charge is -2.44. The molecule has 2 aromatic rings. The maximum absolute atomic E-state index is 14.3. The van der Waals surface area contributed by atoms with Gasteiger partial charge in [0.25, 0.3) is 0 Å². The van der Waals surface area contributed by atoms with Crippen LogP contribution in [0.15, 0.2) is 48.5 Å². The molecular formula is C31H43N3O4. The van der Waals surface area contributed by atoms with E-state index in [0.717, 1.165) is 41.5 Å². The Hall–Kier alpha value is -3.35. The standard InChI is InChI=1S/C31H43N3O4/c1-20(2)26(33-30(37)38-31(5,6)7)29(36)34(24-16-12-17-24)27(25-18-11-13-21(3)22(25)4)28(35)32-19-23-14-9-8-10-15-23/h8-11,13-15,18,20,24,26-27H,12,16-17,19H2,1-7H3,(H,32,35)(H,33,37). The van der Waals surface area contributed by atoms with Crippen LogP contribution in [0.2, 0.25) is 0 Å². The van der Waals surface area contributed by atoms with Crippen molar-refractivity contribution in [2.45, 2.75) is 98.0 Å². The van der Waals surface area contributed by atoms with Crippen LogP contribution in [0.5, 0.6) is 0 Å². The molecule has 2 atom stereocenters. The van der Waals surface area contributed by atoms with Crippen LogP contribution in [0.1, 0.15) is 82.2 Å². The molecule has 0 spiro atoms. The first-order chi connectivity index (χ1) is 17.9.